The summed E-state index contributed by atoms with van der Waals surface area (Å²) in [5.74, 6) is -0.289. The Balaban J connectivity index is 1.56. The number of alkyl halides is 1. The van der Waals surface area contributed by atoms with E-state index in [2.05, 4.69) is 5.32 Å². The first-order valence-electron chi connectivity index (χ1n) is 10.3. The molecule has 2 unspecified atom stereocenters. The van der Waals surface area contributed by atoms with Gasteiger partial charge in [0.05, 0.1) is 24.1 Å². The topological polar surface area (TPSA) is 93.5 Å². The van der Waals surface area contributed by atoms with Crippen LogP contribution >= 0.6 is 0 Å². The zero-order valence-corrected chi connectivity index (χ0v) is 18.5. The Kier molecular flexibility index (Phi) is 6.80. The standard InChI is InChI=1S/C21H29FN4O3S/c1-14-8-15(2)21(16(3)9-14)30(28,29)25-6-4-18(5-7-25)24-12-20(27)26-13-17(22)10-19(26)11-23/h8-9,17-19,24H,4-7,10,12-13H2,1-3H3. The average molecular weight is 437 g/mol. The molecular weight excluding hydrogens is 407 g/mol. The van der Waals surface area contributed by atoms with Gasteiger partial charge in [-0.2, -0.15) is 9.57 Å². The lowest BCUT2D eigenvalue weighted by Crippen LogP contribution is -2.48. The second kappa shape index (κ2) is 9.00. The molecule has 7 nitrogen and oxygen atoms in total. The number of aryl methyl sites for hydroxylation is 3. The highest BCUT2D eigenvalue weighted by Crippen LogP contribution is 2.27. The van der Waals surface area contributed by atoms with E-state index in [1.165, 1.54) is 9.21 Å². The molecule has 2 aliphatic rings. The fourth-order valence-electron chi connectivity index (χ4n) is 4.52. The molecule has 2 heterocycles. The number of likely N-dealkylation sites (tertiary alicyclic amines) is 1. The van der Waals surface area contributed by atoms with Crippen LogP contribution in [0.2, 0.25) is 0 Å². The maximum atomic E-state index is 13.5. The maximum Gasteiger partial charge on any atom is 0.243 e. The Bertz CT molecular complexity index is 928. The molecule has 0 saturated carbocycles. The molecule has 1 N–H and O–H groups in total. The van der Waals surface area contributed by atoms with E-state index >= 15 is 0 Å². The van der Waals surface area contributed by atoms with Crippen LogP contribution in [0.15, 0.2) is 17.0 Å². The molecule has 0 aromatic heterocycles. The maximum absolute atomic E-state index is 13.5. The van der Waals surface area contributed by atoms with Gasteiger partial charge in [0.25, 0.3) is 0 Å². The first-order valence-corrected chi connectivity index (χ1v) is 11.7. The summed E-state index contributed by atoms with van der Waals surface area (Å²) < 4.78 is 41.4. The van der Waals surface area contributed by atoms with Gasteiger partial charge in [0.2, 0.25) is 15.9 Å². The predicted molar refractivity (Wildman–Crippen MR) is 111 cm³/mol. The van der Waals surface area contributed by atoms with Crippen LogP contribution in [0.1, 0.15) is 36.0 Å². The molecule has 30 heavy (non-hydrogen) atoms. The number of nitrogens with one attached hydrogen (secondary N) is 1. The lowest BCUT2D eigenvalue weighted by atomic mass is 10.1. The Hall–Kier alpha value is -2.02. The van der Waals surface area contributed by atoms with Crippen LogP contribution in [-0.2, 0) is 14.8 Å². The van der Waals surface area contributed by atoms with Crippen molar-refractivity contribution >= 4 is 15.9 Å². The number of nitrogens with zero attached hydrogens (tertiary/aromatic N) is 3. The summed E-state index contributed by atoms with van der Waals surface area (Å²) >= 11 is 0. The highest BCUT2D eigenvalue weighted by atomic mass is 32.2. The molecule has 2 aliphatic heterocycles. The van der Waals surface area contributed by atoms with Crippen molar-refractivity contribution in [2.75, 3.05) is 26.2 Å². The van der Waals surface area contributed by atoms with Crippen LogP contribution in [0.25, 0.3) is 0 Å². The monoisotopic (exact) mass is 436 g/mol. The molecule has 3 rings (SSSR count). The summed E-state index contributed by atoms with van der Waals surface area (Å²) in [7, 11) is -3.57. The third-order valence-corrected chi connectivity index (χ3v) is 8.12. The van der Waals surface area contributed by atoms with E-state index < -0.39 is 22.2 Å². The molecule has 0 bridgehead atoms. The van der Waals surface area contributed by atoms with E-state index in [0.29, 0.717) is 30.8 Å². The van der Waals surface area contributed by atoms with E-state index in [1.807, 2.05) is 39.0 Å². The second-order valence-electron chi connectivity index (χ2n) is 8.31. The highest BCUT2D eigenvalue weighted by molar-refractivity contribution is 7.89. The largest absolute Gasteiger partial charge is 0.323 e. The number of nitriles is 1. The van der Waals surface area contributed by atoms with Crippen LogP contribution in [0, 0.1) is 32.1 Å². The Morgan fingerprint density at radius 1 is 1.23 bits per heavy atom. The molecule has 0 spiro atoms. The molecule has 1 aromatic carbocycles. The SMILES string of the molecule is Cc1cc(C)c(S(=O)(=O)N2CCC(NCC(=O)N3CC(F)CC3C#N)CC2)c(C)c1. The molecule has 1 amide bonds. The van der Waals surface area contributed by atoms with Crippen molar-refractivity contribution in [2.45, 2.75) is 63.2 Å². The van der Waals surface area contributed by atoms with Gasteiger partial charge in [0, 0.05) is 25.6 Å². The van der Waals surface area contributed by atoms with Gasteiger partial charge in [-0.15, -0.1) is 0 Å². The van der Waals surface area contributed by atoms with E-state index in [1.54, 1.807) is 0 Å². The van der Waals surface area contributed by atoms with Gasteiger partial charge in [-0.05, 0) is 44.7 Å². The van der Waals surface area contributed by atoms with E-state index in [9.17, 15) is 17.6 Å². The minimum Gasteiger partial charge on any atom is -0.323 e. The third kappa shape index (κ3) is 4.66. The zero-order valence-electron chi connectivity index (χ0n) is 17.7. The first-order chi connectivity index (χ1) is 14.1. The summed E-state index contributed by atoms with van der Waals surface area (Å²) in [6.45, 7) is 6.33. The van der Waals surface area contributed by atoms with Crippen LogP contribution < -0.4 is 5.32 Å². The lowest BCUT2D eigenvalue weighted by molar-refractivity contribution is -0.130. The van der Waals surface area contributed by atoms with Crippen LogP contribution in [0.5, 0.6) is 0 Å². The van der Waals surface area contributed by atoms with E-state index in [0.717, 1.165) is 16.7 Å². The molecular formula is C21H29FN4O3S. The van der Waals surface area contributed by atoms with Crippen LogP contribution in [-0.4, -0.2) is 68.0 Å². The van der Waals surface area contributed by atoms with Gasteiger partial charge in [-0.25, -0.2) is 12.8 Å². The van der Waals surface area contributed by atoms with Gasteiger partial charge in [-0.1, -0.05) is 17.7 Å². The zero-order chi connectivity index (χ0) is 22.1. The second-order valence-corrected chi connectivity index (χ2v) is 10.2. The summed E-state index contributed by atoms with van der Waals surface area (Å²) in [6.07, 6.45) is 0.0881. The quantitative estimate of drug-likeness (QED) is 0.760. The highest BCUT2D eigenvalue weighted by Gasteiger charge is 2.36. The van der Waals surface area contributed by atoms with Gasteiger partial charge in [0.15, 0.2) is 0 Å². The molecule has 0 aliphatic carbocycles. The fraction of sp³-hybridized carbons (Fsp3) is 0.619. The number of benzene rings is 1. The smallest absolute Gasteiger partial charge is 0.243 e. The van der Waals surface area contributed by atoms with E-state index in [-0.39, 0.29) is 31.5 Å². The number of carbonyl (C=O) groups excluding carboxylic acids is 1. The van der Waals surface area contributed by atoms with Crippen LogP contribution in [0.4, 0.5) is 4.39 Å². The predicted octanol–water partition coefficient (Wildman–Crippen LogP) is 1.82. The third-order valence-electron chi connectivity index (χ3n) is 5.92. The summed E-state index contributed by atoms with van der Waals surface area (Å²) in [5.41, 5.74) is 2.54. The average Bonchev–Trinajstić information content (AvgIpc) is 3.06. The molecule has 1 aromatic rings. The summed E-state index contributed by atoms with van der Waals surface area (Å²) in [5, 5.41) is 12.2. The van der Waals surface area contributed by atoms with Crippen molar-refractivity contribution < 1.29 is 17.6 Å². The minimum atomic E-state index is -3.57. The summed E-state index contributed by atoms with van der Waals surface area (Å²) in [4.78, 5) is 14.0. The van der Waals surface area contributed by atoms with Crippen LogP contribution in [0.3, 0.4) is 0 Å². The Morgan fingerprint density at radius 2 is 1.83 bits per heavy atom. The van der Waals surface area contributed by atoms with Crippen molar-refractivity contribution in [1.82, 2.24) is 14.5 Å². The summed E-state index contributed by atoms with van der Waals surface area (Å²) in [6, 6.07) is 5.04. The Morgan fingerprint density at radius 3 is 2.40 bits per heavy atom. The fourth-order valence-corrected chi connectivity index (χ4v) is 6.40. The molecule has 164 valence electrons. The molecule has 9 heteroatoms. The van der Waals surface area contributed by atoms with Crippen molar-refractivity contribution in [1.29, 1.82) is 5.26 Å². The number of carbonyl (C=O) groups is 1. The van der Waals surface area contributed by atoms with Gasteiger partial charge in [0.1, 0.15) is 12.2 Å². The Labute approximate surface area is 177 Å². The normalized spacial score (nSPS) is 23.5. The van der Waals surface area contributed by atoms with Gasteiger partial charge >= 0.3 is 0 Å². The number of amides is 1. The molecule has 0 radical (unpaired) electrons. The van der Waals surface area contributed by atoms with Gasteiger partial charge < -0.3 is 10.2 Å². The minimum absolute atomic E-state index is 0.00456. The number of sulfonamides is 1. The molecule has 2 saturated heterocycles. The van der Waals surface area contributed by atoms with Gasteiger partial charge in [-0.3, -0.25) is 4.79 Å². The number of hydrogen-bond donors (Lipinski definition) is 1. The number of rotatable bonds is 5. The number of halogens is 1. The molecule has 2 fully saturated rings. The van der Waals surface area contributed by atoms with Crippen molar-refractivity contribution in [3.8, 4) is 6.07 Å². The molecule has 2 atom stereocenters. The number of piperidine rings is 1. The lowest BCUT2D eigenvalue weighted by Gasteiger charge is -2.32. The first kappa shape index (κ1) is 22.7. The number of hydrogen-bond acceptors (Lipinski definition) is 5. The van der Waals surface area contributed by atoms with E-state index in [4.69, 9.17) is 5.26 Å². The van der Waals surface area contributed by atoms with Crippen molar-refractivity contribution in [3.05, 3.63) is 28.8 Å². The van der Waals surface area contributed by atoms with Crippen molar-refractivity contribution in [3.63, 3.8) is 0 Å². The van der Waals surface area contributed by atoms with Crippen molar-refractivity contribution in [2.24, 2.45) is 0 Å².